The molecule has 2 heterocycles. The molecule has 0 unspecified atom stereocenters. The number of nitro benzene ring substituents is 1. The summed E-state index contributed by atoms with van der Waals surface area (Å²) in [6.45, 7) is 6.22. The molecule has 0 radical (unpaired) electrons. The van der Waals surface area contributed by atoms with Crippen LogP contribution >= 0.6 is 11.6 Å². The lowest BCUT2D eigenvalue weighted by molar-refractivity contribution is -0.384. The number of furan rings is 1. The molecule has 7 nitrogen and oxygen atoms in total. The van der Waals surface area contributed by atoms with Crippen LogP contribution in [-0.2, 0) is 6.54 Å². The third-order valence-corrected chi connectivity index (χ3v) is 5.85. The van der Waals surface area contributed by atoms with E-state index in [1.807, 2.05) is 36.1 Å². The van der Waals surface area contributed by atoms with Crippen molar-refractivity contribution in [3.63, 3.8) is 0 Å². The number of fused-ring (bicyclic) bond motifs is 1. The molecule has 1 aliphatic heterocycles. The van der Waals surface area contributed by atoms with E-state index >= 15 is 0 Å². The Hall–Kier alpha value is -2.90. The quantitative estimate of drug-likeness (QED) is 0.444. The van der Waals surface area contributed by atoms with Gasteiger partial charge in [-0.1, -0.05) is 23.7 Å². The molecule has 3 aromatic rings. The summed E-state index contributed by atoms with van der Waals surface area (Å²) in [5.41, 5.74) is 1.61. The molecular weight excluding hydrogens is 406 g/mol. The summed E-state index contributed by atoms with van der Waals surface area (Å²) >= 11 is 5.97. The van der Waals surface area contributed by atoms with Gasteiger partial charge in [0.25, 0.3) is 11.6 Å². The van der Waals surface area contributed by atoms with Gasteiger partial charge in [0, 0.05) is 54.3 Å². The highest BCUT2D eigenvalue weighted by molar-refractivity contribution is 6.30. The van der Waals surface area contributed by atoms with Crippen molar-refractivity contribution in [3.05, 3.63) is 75.0 Å². The van der Waals surface area contributed by atoms with Gasteiger partial charge in [-0.3, -0.25) is 19.8 Å². The van der Waals surface area contributed by atoms with Crippen molar-refractivity contribution < 1.29 is 14.1 Å². The second-order valence-corrected chi connectivity index (χ2v) is 8.24. The molecule has 1 saturated heterocycles. The van der Waals surface area contributed by atoms with Gasteiger partial charge in [0.1, 0.15) is 5.58 Å². The fraction of sp³-hybridized carbons (Fsp3) is 0.318. The van der Waals surface area contributed by atoms with Crippen molar-refractivity contribution in [1.82, 2.24) is 9.80 Å². The summed E-state index contributed by atoms with van der Waals surface area (Å²) in [7, 11) is 0. The number of rotatable bonds is 4. The van der Waals surface area contributed by atoms with Gasteiger partial charge in [-0.05, 0) is 43.7 Å². The lowest BCUT2D eigenvalue weighted by Crippen LogP contribution is -2.57. The zero-order valence-corrected chi connectivity index (χ0v) is 17.5. The van der Waals surface area contributed by atoms with Crippen LogP contribution in [0.5, 0.6) is 0 Å². The number of carbonyl (C=O) groups is 1. The number of non-ortho nitro benzene ring substituents is 1. The predicted octanol–water partition coefficient (Wildman–Crippen LogP) is 4.73. The van der Waals surface area contributed by atoms with Crippen LogP contribution < -0.4 is 0 Å². The van der Waals surface area contributed by atoms with Gasteiger partial charge in [0.05, 0.1) is 4.92 Å². The lowest BCUT2D eigenvalue weighted by Gasteiger charge is -2.43. The number of nitro groups is 1. The summed E-state index contributed by atoms with van der Waals surface area (Å²) in [6, 6.07) is 13.9. The van der Waals surface area contributed by atoms with Crippen molar-refractivity contribution in [2.75, 3.05) is 13.1 Å². The molecule has 8 heteroatoms. The minimum Gasteiger partial charge on any atom is -0.451 e. The number of halogens is 1. The standard InChI is InChI=1S/C22H22ClN3O4/c1-14-12-25(15(2)11-24(14)13-16-3-5-18(23)6-4-16)22(27)21-10-17-9-19(26(28)29)7-8-20(17)30-21/h3-10,14-15H,11-13H2,1-2H3/t14-,15+/m0/s1. The fourth-order valence-electron chi connectivity index (χ4n) is 3.92. The molecule has 2 aromatic carbocycles. The maximum Gasteiger partial charge on any atom is 0.289 e. The van der Waals surface area contributed by atoms with E-state index in [2.05, 4.69) is 11.8 Å². The number of piperazine rings is 1. The van der Waals surface area contributed by atoms with E-state index in [9.17, 15) is 14.9 Å². The van der Waals surface area contributed by atoms with Crippen LogP contribution in [0.2, 0.25) is 5.02 Å². The maximum absolute atomic E-state index is 13.1. The summed E-state index contributed by atoms with van der Waals surface area (Å²) in [5.74, 6) is 0.00930. The number of carbonyl (C=O) groups excluding carboxylic acids is 1. The highest BCUT2D eigenvalue weighted by Gasteiger charge is 2.33. The van der Waals surface area contributed by atoms with Crippen molar-refractivity contribution in [3.8, 4) is 0 Å². The Kier molecular flexibility index (Phi) is 5.49. The second-order valence-electron chi connectivity index (χ2n) is 7.80. The Morgan fingerprint density at radius 1 is 1.13 bits per heavy atom. The molecule has 0 spiro atoms. The smallest absolute Gasteiger partial charge is 0.289 e. The van der Waals surface area contributed by atoms with E-state index in [4.69, 9.17) is 16.0 Å². The van der Waals surface area contributed by atoms with Crippen LogP contribution in [0.25, 0.3) is 11.0 Å². The van der Waals surface area contributed by atoms with Crippen LogP contribution in [0, 0.1) is 10.1 Å². The molecule has 0 N–H and O–H groups in total. The van der Waals surface area contributed by atoms with Gasteiger partial charge in [0.15, 0.2) is 5.76 Å². The molecular formula is C22H22ClN3O4. The minimum absolute atomic E-state index is 0.00329. The van der Waals surface area contributed by atoms with Gasteiger partial charge in [-0.25, -0.2) is 0 Å². The maximum atomic E-state index is 13.1. The first-order valence-electron chi connectivity index (χ1n) is 9.79. The molecule has 30 heavy (non-hydrogen) atoms. The SMILES string of the molecule is C[C@@H]1CN(Cc2ccc(Cl)cc2)[C@@H](C)CN1C(=O)c1cc2cc([N+](=O)[O-])ccc2o1. The first-order valence-corrected chi connectivity index (χ1v) is 10.2. The first-order chi connectivity index (χ1) is 14.3. The highest BCUT2D eigenvalue weighted by Crippen LogP contribution is 2.27. The molecule has 2 atom stereocenters. The zero-order valence-electron chi connectivity index (χ0n) is 16.7. The van der Waals surface area contributed by atoms with Crippen LogP contribution in [0.3, 0.4) is 0 Å². The van der Waals surface area contributed by atoms with Crippen molar-refractivity contribution in [1.29, 1.82) is 0 Å². The summed E-state index contributed by atoms with van der Waals surface area (Å²) in [4.78, 5) is 27.8. The van der Waals surface area contributed by atoms with Crippen molar-refractivity contribution in [2.24, 2.45) is 0 Å². The number of benzene rings is 2. The van der Waals surface area contributed by atoms with Gasteiger partial charge in [-0.15, -0.1) is 0 Å². The lowest BCUT2D eigenvalue weighted by atomic mass is 10.1. The van der Waals surface area contributed by atoms with Gasteiger partial charge >= 0.3 is 0 Å². The largest absolute Gasteiger partial charge is 0.451 e. The van der Waals surface area contributed by atoms with E-state index < -0.39 is 4.92 Å². The van der Waals surface area contributed by atoms with Crippen molar-refractivity contribution in [2.45, 2.75) is 32.5 Å². The molecule has 1 aromatic heterocycles. The number of nitrogens with zero attached hydrogens (tertiary/aromatic N) is 3. The Bertz CT molecular complexity index is 1100. The zero-order chi connectivity index (χ0) is 21.4. The molecule has 1 fully saturated rings. The molecule has 1 aliphatic rings. The van der Waals surface area contributed by atoms with Gasteiger partial charge in [-0.2, -0.15) is 0 Å². The summed E-state index contributed by atoms with van der Waals surface area (Å²) < 4.78 is 5.70. The van der Waals surface area contributed by atoms with E-state index in [0.29, 0.717) is 22.5 Å². The van der Waals surface area contributed by atoms with Crippen LogP contribution in [0.4, 0.5) is 5.69 Å². The van der Waals surface area contributed by atoms with Crippen molar-refractivity contribution >= 4 is 34.2 Å². The molecule has 156 valence electrons. The average Bonchev–Trinajstić information content (AvgIpc) is 3.15. The second kappa shape index (κ2) is 8.08. The Balaban J connectivity index is 1.49. The van der Waals surface area contributed by atoms with E-state index in [0.717, 1.165) is 13.1 Å². The molecule has 1 amide bonds. The Morgan fingerprint density at radius 3 is 2.57 bits per heavy atom. The van der Waals surface area contributed by atoms with Gasteiger partial charge < -0.3 is 9.32 Å². The molecule has 0 saturated carbocycles. The normalized spacial score (nSPS) is 19.9. The van der Waals surface area contributed by atoms with Gasteiger partial charge in [0.2, 0.25) is 0 Å². The fourth-order valence-corrected chi connectivity index (χ4v) is 4.04. The minimum atomic E-state index is -0.461. The van der Waals surface area contributed by atoms with Crippen LogP contribution in [0.15, 0.2) is 52.9 Å². The molecule has 4 rings (SSSR count). The molecule has 0 aliphatic carbocycles. The van der Waals surface area contributed by atoms with Crippen LogP contribution in [0.1, 0.15) is 30.0 Å². The third kappa shape index (κ3) is 4.04. The molecule has 0 bridgehead atoms. The first kappa shape index (κ1) is 20.4. The monoisotopic (exact) mass is 427 g/mol. The topological polar surface area (TPSA) is 79.8 Å². The van der Waals surface area contributed by atoms with Crippen LogP contribution in [-0.4, -0.2) is 45.8 Å². The third-order valence-electron chi connectivity index (χ3n) is 5.60. The number of hydrogen-bond acceptors (Lipinski definition) is 5. The van der Waals surface area contributed by atoms with E-state index in [1.54, 1.807) is 6.07 Å². The summed E-state index contributed by atoms with van der Waals surface area (Å²) in [5, 5.41) is 12.2. The average molecular weight is 428 g/mol. The van der Waals surface area contributed by atoms with E-state index in [1.165, 1.54) is 23.8 Å². The Labute approximate surface area is 179 Å². The number of amides is 1. The highest BCUT2D eigenvalue weighted by atomic mass is 35.5. The predicted molar refractivity (Wildman–Crippen MR) is 115 cm³/mol. The number of hydrogen-bond donors (Lipinski definition) is 0. The Morgan fingerprint density at radius 2 is 1.87 bits per heavy atom. The van der Waals surface area contributed by atoms with E-state index in [-0.39, 0.29) is 29.4 Å². The summed E-state index contributed by atoms with van der Waals surface area (Å²) in [6.07, 6.45) is 0.